The standard InChI is InChI=1S/C21H31N7O3/c1-20(2,3)31-19(30)27-10-7-21(8-11-27,14-23-4)28-13-16(17(22)29)18(26-28)25-15-6-5-9-24-12-15/h5-6,9,12-13,23H,7-8,10-11,14H2,1-4H3,(H2,22,29)(H,25,26). The number of anilines is 2. The number of nitrogens with one attached hydrogen (secondary N) is 2. The van der Waals surface area contributed by atoms with Gasteiger partial charge >= 0.3 is 6.09 Å². The molecule has 0 unspecified atom stereocenters. The molecular weight excluding hydrogens is 398 g/mol. The number of rotatable bonds is 6. The number of ether oxygens (including phenoxy) is 1. The summed E-state index contributed by atoms with van der Waals surface area (Å²) < 4.78 is 7.30. The lowest BCUT2D eigenvalue weighted by Gasteiger charge is -2.42. The van der Waals surface area contributed by atoms with Crippen LogP contribution in [0.5, 0.6) is 0 Å². The minimum atomic E-state index is -0.566. The van der Waals surface area contributed by atoms with Crippen LogP contribution in [0.4, 0.5) is 16.3 Å². The van der Waals surface area contributed by atoms with Gasteiger partial charge in [0, 0.05) is 32.0 Å². The van der Waals surface area contributed by atoms with Crippen molar-refractivity contribution in [3.63, 3.8) is 0 Å². The lowest BCUT2D eigenvalue weighted by atomic mass is 9.87. The molecule has 0 aliphatic carbocycles. The molecule has 0 saturated carbocycles. The number of hydrogen-bond acceptors (Lipinski definition) is 7. The molecule has 31 heavy (non-hydrogen) atoms. The zero-order valence-corrected chi connectivity index (χ0v) is 18.5. The second-order valence-corrected chi connectivity index (χ2v) is 8.79. The van der Waals surface area contributed by atoms with E-state index in [-0.39, 0.29) is 6.09 Å². The predicted octanol–water partition coefficient (Wildman–Crippen LogP) is 2.07. The molecular formula is C21H31N7O3. The molecule has 0 bridgehead atoms. The third-order valence-electron chi connectivity index (χ3n) is 5.24. The molecule has 3 rings (SSSR count). The molecule has 10 heteroatoms. The Balaban J connectivity index is 1.84. The minimum Gasteiger partial charge on any atom is -0.444 e. The molecule has 2 amide bonds. The number of carbonyl (C=O) groups excluding carboxylic acids is 2. The number of primary amides is 1. The van der Waals surface area contributed by atoms with Crippen LogP contribution < -0.4 is 16.4 Å². The molecule has 1 aliphatic heterocycles. The first-order valence-corrected chi connectivity index (χ1v) is 10.3. The van der Waals surface area contributed by atoms with E-state index in [4.69, 9.17) is 10.5 Å². The highest BCUT2D eigenvalue weighted by molar-refractivity contribution is 5.98. The largest absolute Gasteiger partial charge is 0.444 e. The number of nitrogens with two attached hydrogens (primary N) is 1. The van der Waals surface area contributed by atoms with E-state index in [1.807, 2.05) is 33.9 Å². The van der Waals surface area contributed by atoms with Crippen molar-refractivity contribution in [1.82, 2.24) is 25.0 Å². The first kappa shape index (κ1) is 22.5. The summed E-state index contributed by atoms with van der Waals surface area (Å²) in [6.07, 6.45) is 5.98. The summed E-state index contributed by atoms with van der Waals surface area (Å²) in [6.45, 7) is 7.23. The highest BCUT2D eigenvalue weighted by Gasteiger charge is 2.39. The first-order valence-electron chi connectivity index (χ1n) is 10.3. The zero-order valence-electron chi connectivity index (χ0n) is 18.5. The van der Waals surface area contributed by atoms with Crippen LogP contribution in [-0.2, 0) is 10.3 Å². The van der Waals surface area contributed by atoms with Gasteiger partial charge in [-0.25, -0.2) is 4.79 Å². The number of carbonyl (C=O) groups is 2. The van der Waals surface area contributed by atoms with Gasteiger partial charge in [-0.3, -0.25) is 14.5 Å². The molecule has 2 aromatic heterocycles. The van der Waals surface area contributed by atoms with Gasteiger partial charge in [0.25, 0.3) is 5.91 Å². The number of aromatic nitrogens is 3. The molecule has 4 N–H and O–H groups in total. The Kier molecular flexibility index (Phi) is 6.49. The van der Waals surface area contributed by atoms with E-state index in [0.29, 0.717) is 49.5 Å². The van der Waals surface area contributed by atoms with Crippen molar-refractivity contribution in [2.45, 2.75) is 44.8 Å². The molecule has 1 fully saturated rings. The van der Waals surface area contributed by atoms with E-state index in [0.717, 1.165) is 0 Å². The monoisotopic (exact) mass is 429 g/mol. The van der Waals surface area contributed by atoms with E-state index in [1.165, 1.54) is 0 Å². The van der Waals surface area contributed by atoms with Gasteiger partial charge in [-0.1, -0.05) is 0 Å². The highest BCUT2D eigenvalue weighted by atomic mass is 16.6. The van der Waals surface area contributed by atoms with Crippen molar-refractivity contribution < 1.29 is 14.3 Å². The fourth-order valence-electron chi connectivity index (χ4n) is 3.71. The van der Waals surface area contributed by atoms with Crippen molar-refractivity contribution >= 4 is 23.5 Å². The molecule has 0 aromatic carbocycles. The van der Waals surface area contributed by atoms with Crippen molar-refractivity contribution in [2.24, 2.45) is 5.73 Å². The van der Waals surface area contributed by atoms with Crippen molar-refractivity contribution in [3.8, 4) is 0 Å². The van der Waals surface area contributed by atoms with Gasteiger partial charge in [0.15, 0.2) is 5.82 Å². The van der Waals surface area contributed by atoms with Crippen LogP contribution in [-0.4, -0.2) is 63.9 Å². The Morgan fingerprint density at radius 2 is 2.00 bits per heavy atom. The molecule has 3 heterocycles. The summed E-state index contributed by atoms with van der Waals surface area (Å²) in [7, 11) is 1.87. The van der Waals surface area contributed by atoms with Crippen LogP contribution in [0.15, 0.2) is 30.7 Å². The maximum Gasteiger partial charge on any atom is 0.410 e. The summed E-state index contributed by atoms with van der Waals surface area (Å²) in [4.78, 5) is 30.3. The van der Waals surface area contributed by atoms with Crippen molar-refractivity contribution in [2.75, 3.05) is 32.0 Å². The average Bonchev–Trinajstić information content (AvgIpc) is 3.13. The Morgan fingerprint density at radius 3 is 2.55 bits per heavy atom. The minimum absolute atomic E-state index is 0.300. The van der Waals surface area contributed by atoms with Gasteiger partial charge in [-0.05, 0) is 52.8 Å². The summed E-state index contributed by atoms with van der Waals surface area (Å²) in [5.41, 5.74) is 5.67. The zero-order chi connectivity index (χ0) is 22.6. The van der Waals surface area contributed by atoms with Crippen molar-refractivity contribution in [3.05, 3.63) is 36.3 Å². The van der Waals surface area contributed by atoms with Gasteiger partial charge in [0.2, 0.25) is 0 Å². The van der Waals surface area contributed by atoms with E-state index in [1.54, 1.807) is 34.2 Å². The Bertz CT molecular complexity index is 913. The first-order chi connectivity index (χ1) is 14.6. The maximum atomic E-state index is 12.5. The van der Waals surface area contributed by atoms with Crippen molar-refractivity contribution in [1.29, 1.82) is 0 Å². The SMILES string of the molecule is CNCC1(n2cc(C(N)=O)c(Nc3cccnc3)n2)CCN(C(=O)OC(C)(C)C)CC1. The van der Waals surface area contributed by atoms with Crippen LogP contribution in [0.3, 0.4) is 0 Å². The molecule has 168 valence electrons. The van der Waals surface area contributed by atoms with Gasteiger partial charge in [-0.15, -0.1) is 0 Å². The Hall–Kier alpha value is -3.14. The summed E-state index contributed by atoms with van der Waals surface area (Å²) >= 11 is 0. The normalized spacial score (nSPS) is 16.1. The fraction of sp³-hybridized carbons (Fsp3) is 0.524. The summed E-state index contributed by atoms with van der Waals surface area (Å²) in [5.74, 6) is -0.186. The topological polar surface area (TPSA) is 127 Å². The third-order valence-corrected chi connectivity index (χ3v) is 5.24. The van der Waals surface area contributed by atoms with Crippen LogP contribution in [0, 0.1) is 0 Å². The fourth-order valence-corrected chi connectivity index (χ4v) is 3.71. The smallest absolute Gasteiger partial charge is 0.410 e. The van der Waals surface area contributed by atoms with Gasteiger partial charge in [0.1, 0.15) is 11.2 Å². The summed E-state index contributed by atoms with van der Waals surface area (Å²) in [6, 6.07) is 3.62. The van der Waals surface area contributed by atoms with Crippen LogP contribution >= 0.6 is 0 Å². The highest BCUT2D eigenvalue weighted by Crippen LogP contribution is 2.32. The second kappa shape index (κ2) is 8.93. The average molecular weight is 430 g/mol. The van der Waals surface area contributed by atoms with Gasteiger partial charge in [-0.2, -0.15) is 5.10 Å². The number of pyridine rings is 1. The van der Waals surface area contributed by atoms with E-state index >= 15 is 0 Å². The number of nitrogens with zero attached hydrogens (tertiary/aromatic N) is 4. The number of piperidine rings is 1. The molecule has 0 radical (unpaired) electrons. The Morgan fingerprint density at radius 1 is 1.29 bits per heavy atom. The van der Waals surface area contributed by atoms with Crippen LogP contribution in [0.2, 0.25) is 0 Å². The molecule has 10 nitrogen and oxygen atoms in total. The molecule has 1 aliphatic rings. The Labute approximate surface area is 182 Å². The van der Waals surface area contributed by atoms with E-state index < -0.39 is 17.0 Å². The summed E-state index contributed by atoms with van der Waals surface area (Å²) in [5, 5.41) is 11.0. The third kappa shape index (κ3) is 5.32. The quantitative estimate of drug-likeness (QED) is 0.641. The lowest BCUT2D eigenvalue weighted by Crippen LogP contribution is -2.53. The molecule has 0 atom stereocenters. The van der Waals surface area contributed by atoms with E-state index in [2.05, 4.69) is 20.7 Å². The van der Waals surface area contributed by atoms with Gasteiger partial charge < -0.3 is 26.0 Å². The van der Waals surface area contributed by atoms with Crippen LogP contribution in [0.25, 0.3) is 0 Å². The van der Waals surface area contributed by atoms with Gasteiger partial charge in [0.05, 0.1) is 17.4 Å². The number of likely N-dealkylation sites (N-methyl/N-ethyl adjacent to an activating group) is 1. The number of hydrogen-bond donors (Lipinski definition) is 3. The van der Waals surface area contributed by atoms with E-state index in [9.17, 15) is 9.59 Å². The molecule has 2 aromatic rings. The molecule has 1 saturated heterocycles. The maximum absolute atomic E-state index is 12.5. The number of amides is 2. The number of likely N-dealkylation sites (tertiary alicyclic amines) is 1. The predicted molar refractivity (Wildman–Crippen MR) is 117 cm³/mol. The van der Waals surface area contributed by atoms with Crippen LogP contribution in [0.1, 0.15) is 44.0 Å². The molecule has 0 spiro atoms. The second-order valence-electron chi connectivity index (χ2n) is 8.79. The lowest BCUT2D eigenvalue weighted by molar-refractivity contribution is 0.0103.